The topological polar surface area (TPSA) is 32.3 Å². The van der Waals surface area contributed by atoms with Crippen LogP contribution in [0.2, 0.25) is 5.02 Å². The van der Waals surface area contributed by atoms with Crippen LogP contribution in [-0.2, 0) is 11.3 Å². The Labute approximate surface area is 140 Å². The van der Waals surface area contributed by atoms with Gasteiger partial charge in [-0.1, -0.05) is 35.9 Å². The highest BCUT2D eigenvalue weighted by molar-refractivity contribution is 7.10. The van der Waals surface area contributed by atoms with Crippen molar-refractivity contribution in [3.05, 3.63) is 57.2 Å². The largest absolute Gasteiger partial charge is 0.352 e. The molecule has 1 unspecified atom stereocenters. The van der Waals surface area contributed by atoms with Crippen molar-refractivity contribution in [2.45, 2.75) is 25.9 Å². The first kappa shape index (κ1) is 17.0. The highest BCUT2D eigenvalue weighted by atomic mass is 35.5. The monoisotopic (exact) mass is 336 g/mol. The molecule has 0 aliphatic heterocycles. The number of benzene rings is 1. The average Bonchev–Trinajstić information content (AvgIpc) is 3.05. The standard InChI is InChI=1S/C17H21ClN2OS/c1-13(16-8-5-11-22-16)20(2)10-9-17(21)19-12-14-6-3-4-7-15(14)18/h3-8,11,13H,9-10,12H2,1-2H3,(H,19,21). The third-order valence-electron chi connectivity index (χ3n) is 3.74. The van der Waals surface area contributed by atoms with Gasteiger partial charge in [0.15, 0.2) is 0 Å². The molecule has 3 nitrogen and oxygen atoms in total. The van der Waals surface area contributed by atoms with Crippen LogP contribution in [0.4, 0.5) is 0 Å². The van der Waals surface area contributed by atoms with Crippen LogP contribution < -0.4 is 5.32 Å². The Morgan fingerprint density at radius 1 is 1.32 bits per heavy atom. The fourth-order valence-corrected chi connectivity index (χ4v) is 3.19. The maximum absolute atomic E-state index is 12.0. The molecule has 118 valence electrons. The molecule has 1 N–H and O–H groups in total. The molecule has 0 aliphatic carbocycles. The fourth-order valence-electron chi connectivity index (χ4n) is 2.14. The molecule has 0 bridgehead atoms. The Bertz CT molecular complexity index is 600. The van der Waals surface area contributed by atoms with Crippen molar-refractivity contribution < 1.29 is 4.79 Å². The Morgan fingerprint density at radius 3 is 2.77 bits per heavy atom. The van der Waals surface area contributed by atoms with Gasteiger partial charge in [0.1, 0.15) is 0 Å². The molecular formula is C17H21ClN2OS. The number of nitrogens with one attached hydrogen (secondary N) is 1. The van der Waals surface area contributed by atoms with Gasteiger partial charge in [-0.2, -0.15) is 0 Å². The van der Waals surface area contributed by atoms with Crippen LogP contribution in [0.5, 0.6) is 0 Å². The molecule has 1 aromatic heterocycles. The number of amides is 1. The number of halogens is 1. The summed E-state index contributed by atoms with van der Waals surface area (Å²) in [4.78, 5) is 15.5. The number of hydrogen-bond acceptors (Lipinski definition) is 3. The molecule has 0 radical (unpaired) electrons. The van der Waals surface area contributed by atoms with Crippen molar-refractivity contribution >= 4 is 28.8 Å². The second-order valence-electron chi connectivity index (χ2n) is 5.29. The molecule has 5 heteroatoms. The highest BCUT2D eigenvalue weighted by Crippen LogP contribution is 2.23. The summed E-state index contributed by atoms with van der Waals surface area (Å²) < 4.78 is 0. The lowest BCUT2D eigenvalue weighted by molar-refractivity contribution is -0.121. The predicted octanol–water partition coefficient (Wildman–Crippen LogP) is 4.10. The van der Waals surface area contributed by atoms with Crippen LogP contribution in [0.3, 0.4) is 0 Å². The minimum absolute atomic E-state index is 0.0464. The Hall–Kier alpha value is -1.36. The summed E-state index contributed by atoms with van der Waals surface area (Å²) in [6.45, 7) is 3.36. The molecule has 0 saturated heterocycles. The normalized spacial score (nSPS) is 12.4. The zero-order valence-corrected chi connectivity index (χ0v) is 14.5. The Balaban J connectivity index is 1.74. The number of hydrogen-bond donors (Lipinski definition) is 1. The molecule has 0 saturated carbocycles. The molecular weight excluding hydrogens is 316 g/mol. The highest BCUT2D eigenvalue weighted by Gasteiger charge is 2.13. The maximum atomic E-state index is 12.0. The van der Waals surface area contributed by atoms with Crippen LogP contribution in [0.1, 0.15) is 29.8 Å². The van der Waals surface area contributed by atoms with E-state index in [4.69, 9.17) is 11.6 Å². The number of nitrogens with zero attached hydrogens (tertiary/aromatic N) is 1. The SMILES string of the molecule is CC(c1cccs1)N(C)CCC(=O)NCc1ccccc1Cl. The van der Waals surface area contributed by atoms with Crippen molar-refractivity contribution in [2.75, 3.05) is 13.6 Å². The van der Waals surface area contributed by atoms with E-state index in [1.807, 2.05) is 31.3 Å². The molecule has 0 aliphatic rings. The van der Waals surface area contributed by atoms with E-state index in [1.165, 1.54) is 4.88 Å². The molecule has 0 spiro atoms. The predicted molar refractivity (Wildman–Crippen MR) is 93.3 cm³/mol. The molecule has 2 rings (SSSR count). The molecule has 0 fully saturated rings. The number of carbonyl (C=O) groups is 1. The van der Waals surface area contributed by atoms with E-state index >= 15 is 0 Å². The molecule has 1 heterocycles. The first-order valence-electron chi connectivity index (χ1n) is 7.31. The first-order valence-corrected chi connectivity index (χ1v) is 8.57. The molecule has 22 heavy (non-hydrogen) atoms. The quantitative estimate of drug-likeness (QED) is 0.825. The van der Waals surface area contributed by atoms with Gasteiger partial charge in [-0.25, -0.2) is 0 Å². The van der Waals surface area contributed by atoms with E-state index in [0.29, 0.717) is 24.0 Å². The van der Waals surface area contributed by atoms with Crippen molar-refractivity contribution in [3.63, 3.8) is 0 Å². The van der Waals surface area contributed by atoms with Crippen LogP contribution in [0, 0.1) is 0 Å². The van der Waals surface area contributed by atoms with Gasteiger partial charge in [0.05, 0.1) is 0 Å². The second-order valence-corrected chi connectivity index (χ2v) is 6.68. The van der Waals surface area contributed by atoms with Gasteiger partial charge in [0, 0.05) is 35.5 Å². The minimum atomic E-state index is 0.0464. The third-order valence-corrected chi connectivity index (χ3v) is 5.15. The average molecular weight is 337 g/mol. The van der Waals surface area contributed by atoms with E-state index in [1.54, 1.807) is 11.3 Å². The van der Waals surface area contributed by atoms with E-state index < -0.39 is 0 Å². The van der Waals surface area contributed by atoms with Gasteiger partial charge in [-0.3, -0.25) is 9.69 Å². The van der Waals surface area contributed by atoms with Crippen molar-refractivity contribution in [1.29, 1.82) is 0 Å². The fraction of sp³-hybridized carbons (Fsp3) is 0.353. The van der Waals surface area contributed by atoms with Gasteiger partial charge < -0.3 is 5.32 Å². The van der Waals surface area contributed by atoms with E-state index in [0.717, 1.165) is 12.1 Å². The third kappa shape index (κ3) is 4.83. The van der Waals surface area contributed by atoms with Gasteiger partial charge in [0.25, 0.3) is 0 Å². The summed E-state index contributed by atoms with van der Waals surface area (Å²) in [5.74, 6) is 0.0464. The number of carbonyl (C=O) groups excluding carboxylic acids is 1. The Morgan fingerprint density at radius 2 is 2.09 bits per heavy atom. The molecule has 1 amide bonds. The van der Waals surface area contributed by atoms with Crippen molar-refractivity contribution in [1.82, 2.24) is 10.2 Å². The summed E-state index contributed by atoms with van der Waals surface area (Å²) in [7, 11) is 2.05. The van der Waals surface area contributed by atoms with Gasteiger partial charge >= 0.3 is 0 Å². The van der Waals surface area contributed by atoms with E-state index in [2.05, 4.69) is 34.7 Å². The van der Waals surface area contributed by atoms with Crippen LogP contribution in [0.25, 0.3) is 0 Å². The second kappa shape index (κ2) is 8.32. The lowest BCUT2D eigenvalue weighted by Crippen LogP contribution is -2.29. The summed E-state index contributed by atoms with van der Waals surface area (Å²) in [5.41, 5.74) is 0.942. The van der Waals surface area contributed by atoms with Crippen molar-refractivity contribution in [3.8, 4) is 0 Å². The summed E-state index contributed by atoms with van der Waals surface area (Å²) in [5, 5.41) is 5.69. The summed E-state index contributed by atoms with van der Waals surface area (Å²) in [6.07, 6.45) is 0.483. The van der Waals surface area contributed by atoms with E-state index in [-0.39, 0.29) is 5.91 Å². The van der Waals surface area contributed by atoms with Crippen molar-refractivity contribution in [2.24, 2.45) is 0 Å². The molecule has 1 atom stereocenters. The number of rotatable bonds is 7. The minimum Gasteiger partial charge on any atom is -0.352 e. The van der Waals surface area contributed by atoms with Crippen LogP contribution in [-0.4, -0.2) is 24.4 Å². The van der Waals surface area contributed by atoms with Gasteiger partial charge in [-0.15, -0.1) is 11.3 Å². The number of thiophene rings is 1. The first-order chi connectivity index (χ1) is 10.6. The van der Waals surface area contributed by atoms with Gasteiger partial charge in [0.2, 0.25) is 5.91 Å². The molecule has 2 aromatic rings. The summed E-state index contributed by atoms with van der Waals surface area (Å²) in [6, 6.07) is 12.1. The van der Waals surface area contributed by atoms with Gasteiger partial charge in [-0.05, 0) is 37.0 Å². The van der Waals surface area contributed by atoms with Crippen LogP contribution in [0.15, 0.2) is 41.8 Å². The lowest BCUT2D eigenvalue weighted by atomic mass is 10.2. The molecule has 1 aromatic carbocycles. The maximum Gasteiger partial charge on any atom is 0.221 e. The zero-order chi connectivity index (χ0) is 15.9. The van der Waals surface area contributed by atoms with Crippen LogP contribution >= 0.6 is 22.9 Å². The summed E-state index contributed by atoms with van der Waals surface area (Å²) >= 11 is 7.82. The Kier molecular flexibility index (Phi) is 6.43. The smallest absolute Gasteiger partial charge is 0.221 e. The zero-order valence-electron chi connectivity index (χ0n) is 12.9. The lowest BCUT2D eigenvalue weighted by Gasteiger charge is -2.23. The van der Waals surface area contributed by atoms with E-state index in [9.17, 15) is 4.79 Å².